The number of hydrogen-bond donors (Lipinski definition) is 1. The van der Waals surface area contributed by atoms with Crippen LogP contribution in [0.3, 0.4) is 0 Å². The molecule has 1 atom stereocenters. The summed E-state index contributed by atoms with van der Waals surface area (Å²) in [6.07, 6.45) is 1.82. The summed E-state index contributed by atoms with van der Waals surface area (Å²) >= 11 is 5.07. The maximum absolute atomic E-state index is 4.53. The first-order valence-electron chi connectivity index (χ1n) is 5.47. The maximum atomic E-state index is 4.53. The molecule has 2 heterocycles. The van der Waals surface area contributed by atoms with Crippen LogP contribution in [0.1, 0.15) is 29.4 Å². The SMILES string of the molecule is CCNC(c1ccc(Br)cn1)c1nc(C)cs1. The molecular formula is C12H14BrN3S. The Bertz CT molecular complexity index is 481. The van der Waals surface area contributed by atoms with Gasteiger partial charge in [0, 0.05) is 21.7 Å². The van der Waals surface area contributed by atoms with E-state index >= 15 is 0 Å². The second kappa shape index (κ2) is 5.71. The van der Waals surface area contributed by atoms with E-state index in [-0.39, 0.29) is 6.04 Å². The van der Waals surface area contributed by atoms with Crippen LogP contribution in [-0.2, 0) is 0 Å². The van der Waals surface area contributed by atoms with Gasteiger partial charge in [-0.05, 0) is 41.5 Å². The Kier molecular flexibility index (Phi) is 4.25. The molecule has 2 aromatic rings. The molecule has 90 valence electrons. The van der Waals surface area contributed by atoms with E-state index in [0.717, 1.165) is 27.4 Å². The topological polar surface area (TPSA) is 37.8 Å². The monoisotopic (exact) mass is 311 g/mol. The molecule has 1 N–H and O–H groups in total. The van der Waals surface area contributed by atoms with Crippen molar-refractivity contribution in [3.8, 4) is 0 Å². The Morgan fingerprint density at radius 2 is 2.29 bits per heavy atom. The molecule has 0 bridgehead atoms. The van der Waals surface area contributed by atoms with Crippen molar-refractivity contribution in [1.29, 1.82) is 0 Å². The lowest BCUT2D eigenvalue weighted by atomic mass is 10.2. The molecule has 3 nitrogen and oxygen atoms in total. The van der Waals surface area contributed by atoms with Gasteiger partial charge in [-0.1, -0.05) is 6.92 Å². The molecule has 5 heteroatoms. The van der Waals surface area contributed by atoms with Crippen molar-refractivity contribution in [2.45, 2.75) is 19.9 Å². The predicted octanol–water partition coefficient (Wildman–Crippen LogP) is 3.31. The summed E-state index contributed by atoms with van der Waals surface area (Å²) in [5.74, 6) is 0. The molecular weight excluding hydrogens is 298 g/mol. The van der Waals surface area contributed by atoms with E-state index in [2.05, 4.69) is 43.5 Å². The molecule has 0 saturated carbocycles. The van der Waals surface area contributed by atoms with Crippen molar-refractivity contribution in [2.24, 2.45) is 0 Å². The molecule has 0 aliphatic rings. The van der Waals surface area contributed by atoms with E-state index < -0.39 is 0 Å². The first-order chi connectivity index (χ1) is 8.20. The van der Waals surface area contributed by atoms with E-state index in [1.165, 1.54) is 0 Å². The molecule has 17 heavy (non-hydrogen) atoms. The second-order valence-corrected chi connectivity index (χ2v) is 5.52. The molecule has 0 saturated heterocycles. The molecule has 2 aromatic heterocycles. The van der Waals surface area contributed by atoms with Crippen LogP contribution in [0.25, 0.3) is 0 Å². The molecule has 0 aliphatic heterocycles. The number of hydrogen-bond acceptors (Lipinski definition) is 4. The maximum Gasteiger partial charge on any atom is 0.116 e. The third kappa shape index (κ3) is 3.12. The zero-order valence-electron chi connectivity index (χ0n) is 9.77. The van der Waals surface area contributed by atoms with E-state index in [1.807, 2.05) is 25.3 Å². The molecule has 0 amide bonds. The highest BCUT2D eigenvalue weighted by molar-refractivity contribution is 9.10. The van der Waals surface area contributed by atoms with Crippen molar-refractivity contribution in [1.82, 2.24) is 15.3 Å². The predicted molar refractivity (Wildman–Crippen MR) is 74.3 cm³/mol. The van der Waals surface area contributed by atoms with Gasteiger partial charge in [0.05, 0.1) is 5.69 Å². The van der Waals surface area contributed by atoms with Gasteiger partial charge in [0.2, 0.25) is 0 Å². The third-order valence-electron chi connectivity index (χ3n) is 2.34. The quantitative estimate of drug-likeness (QED) is 0.941. The summed E-state index contributed by atoms with van der Waals surface area (Å²) in [5.41, 5.74) is 2.06. The van der Waals surface area contributed by atoms with Crippen LogP contribution in [0, 0.1) is 6.92 Å². The fraction of sp³-hybridized carbons (Fsp3) is 0.333. The van der Waals surface area contributed by atoms with E-state index in [4.69, 9.17) is 0 Å². The van der Waals surface area contributed by atoms with E-state index in [0.29, 0.717) is 0 Å². The first kappa shape index (κ1) is 12.7. The molecule has 0 fully saturated rings. The number of pyridine rings is 1. The van der Waals surface area contributed by atoms with Crippen molar-refractivity contribution in [2.75, 3.05) is 6.54 Å². The standard InChI is InChI=1S/C12H14BrN3S/c1-3-14-11(12-16-8(2)7-17-12)10-5-4-9(13)6-15-10/h4-7,11,14H,3H2,1-2H3. The zero-order chi connectivity index (χ0) is 12.3. The minimum Gasteiger partial charge on any atom is -0.303 e. The highest BCUT2D eigenvalue weighted by Gasteiger charge is 2.17. The summed E-state index contributed by atoms with van der Waals surface area (Å²) in [6, 6.07) is 4.12. The lowest BCUT2D eigenvalue weighted by Gasteiger charge is -2.14. The minimum atomic E-state index is 0.0896. The Labute approximate surface area is 113 Å². The van der Waals surface area contributed by atoms with Crippen LogP contribution in [0.5, 0.6) is 0 Å². The zero-order valence-corrected chi connectivity index (χ0v) is 12.2. The Morgan fingerprint density at radius 3 is 2.82 bits per heavy atom. The smallest absolute Gasteiger partial charge is 0.116 e. The molecule has 1 unspecified atom stereocenters. The Morgan fingerprint density at radius 1 is 1.47 bits per heavy atom. The van der Waals surface area contributed by atoms with Gasteiger partial charge in [-0.15, -0.1) is 11.3 Å². The highest BCUT2D eigenvalue weighted by Crippen LogP contribution is 2.24. The van der Waals surface area contributed by atoms with Crippen molar-refractivity contribution in [3.05, 3.63) is 44.6 Å². The average Bonchev–Trinajstić information content (AvgIpc) is 2.74. The van der Waals surface area contributed by atoms with E-state index in [9.17, 15) is 0 Å². The third-order valence-corrected chi connectivity index (χ3v) is 3.83. The molecule has 0 aliphatic carbocycles. The van der Waals surface area contributed by atoms with Crippen molar-refractivity contribution >= 4 is 27.3 Å². The van der Waals surface area contributed by atoms with Gasteiger partial charge in [-0.25, -0.2) is 4.98 Å². The molecule has 0 spiro atoms. The first-order valence-corrected chi connectivity index (χ1v) is 7.15. The van der Waals surface area contributed by atoms with Crippen LogP contribution in [0.15, 0.2) is 28.2 Å². The second-order valence-electron chi connectivity index (χ2n) is 3.72. The van der Waals surface area contributed by atoms with Crippen molar-refractivity contribution < 1.29 is 0 Å². The Hall–Kier alpha value is -0.780. The minimum absolute atomic E-state index is 0.0896. The molecule has 0 radical (unpaired) electrons. The number of aromatic nitrogens is 2. The van der Waals surface area contributed by atoms with Gasteiger partial charge in [-0.3, -0.25) is 4.98 Å². The molecule has 0 aromatic carbocycles. The van der Waals surface area contributed by atoms with Gasteiger partial charge >= 0.3 is 0 Å². The fourth-order valence-corrected chi connectivity index (χ4v) is 2.70. The fourth-order valence-electron chi connectivity index (χ4n) is 1.59. The summed E-state index contributed by atoms with van der Waals surface area (Å²) in [7, 11) is 0. The van der Waals surface area contributed by atoms with Gasteiger partial charge in [0.15, 0.2) is 0 Å². The van der Waals surface area contributed by atoms with Gasteiger partial charge in [-0.2, -0.15) is 0 Å². The number of nitrogens with one attached hydrogen (secondary N) is 1. The lowest BCUT2D eigenvalue weighted by Crippen LogP contribution is -2.22. The summed E-state index contributed by atoms with van der Waals surface area (Å²) < 4.78 is 0.992. The van der Waals surface area contributed by atoms with Gasteiger partial charge < -0.3 is 5.32 Å². The summed E-state index contributed by atoms with van der Waals surface area (Å²) in [4.78, 5) is 8.97. The van der Waals surface area contributed by atoms with Crippen molar-refractivity contribution in [3.63, 3.8) is 0 Å². The average molecular weight is 312 g/mol. The number of halogens is 1. The normalized spacial score (nSPS) is 12.6. The molecule has 2 rings (SSSR count). The highest BCUT2D eigenvalue weighted by atomic mass is 79.9. The van der Waals surface area contributed by atoms with Crippen LogP contribution in [0.2, 0.25) is 0 Å². The van der Waals surface area contributed by atoms with Gasteiger partial charge in [0.1, 0.15) is 11.0 Å². The number of nitrogens with zero attached hydrogens (tertiary/aromatic N) is 2. The largest absolute Gasteiger partial charge is 0.303 e. The van der Waals surface area contributed by atoms with Gasteiger partial charge in [0.25, 0.3) is 0 Å². The number of thiazole rings is 1. The van der Waals surface area contributed by atoms with Crippen LogP contribution in [0.4, 0.5) is 0 Å². The van der Waals surface area contributed by atoms with Crippen LogP contribution >= 0.6 is 27.3 Å². The number of aryl methyl sites for hydroxylation is 1. The van der Waals surface area contributed by atoms with E-state index in [1.54, 1.807) is 11.3 Å². The lowest BCUT2D eigenvalue weighted by molar-refractivity contribution is 0.611. The number of rotatable bonds is 4. The summed E-state index contributed by atoms with van der Waals surface area (Å²) in [5, 5.41) is 6.55. The summed E-state index contributed by atoms with van der Waals surface area (Å²) in [6.45, 7) is 4.99. The Balaban J connectivity index is 2.31. The van der Waals surface area contributed by atoms with Crippen LogP contribution in [-0.4, -0.2) is 16.5 Å². The van der Waals surface area contributed by atoms with Crippen LogP contribution < -0.4 is 5.32 Å².